The Hall–Kier alpha value is -7.23. The molecule has 3 aromatic heterocycles. The molecule has 2 aliphatic heterocycles. The van der Waals surface area contributed by atoms with Gasteiger partial charge in [0.15, 0.2) is 0 Å². The van der Waals surface area contributed by atoms with Gasteiger partial charge in [-0.15, -0.1) is 0 Å². The number of rotatable bonds is 12. The van der Waals surface area contributed by atoms with Gasteiger partial charge in [-0.1, -0.05) is 78.9 Å². The molecule has 6 aromatic rings. The van der Waals surface area contributed by atoms with Crippen molar-refractivity contribution in [3.63, 3.8) is 0 Å². The maximum atomic E-state index is 13.9. The maximum Gasteiger partial charge on any atom is 0.407 e. The smallest absolute Gasteiger partial charge is 0.407 e. The summed E-state index contributed by atoms with van der Waals surface area (Å²) in [4.78, 5) is 76.4. The molecule has 0 unspecified atom stereocenters. The summed E-state index contributed by atoms with van der Waals surface area (Å²) in [5.41, 5.74) is 4.61. The molecule has 8 rings (SSSR count). The zero-order valence-electron chi connectivity index (χ0n) is 33.2. The number of likely N-dealkylation sites (tertiary alicyclic amines) is 2. The van der Waals surface area contributed by atoms with Crippen LogP contribution in [0.25, 0.3) is 22.8 Å². The van der Waals surface area contributed by atoms with Crippen LogP contribution in [0.3, 0.4) is 0 Å². The summed E-state index contributed by atoms with van der Waals surface area (Å²) in [7, 11) is 2.54. The van der Waals surface area contributed by atoms with Gasteiger partial charge in [0.05, 0.1) is 50.6 Å². The minimum absolute atomic E-state index is 0.232. The molecule has 16 nitrogen and oxygen atoms in total. The fourth-order valence-corrected chi connectivity index (χ4v) is 8.01. The molecule has 2 aliphatic rings. The van der Waals surface area contributed by atoms with Crippen molar-refractivity contribution in [1.82, 2.24) is 45.4 Å². The van der Waals surface area contributed by atoms with Gasteiger partial charge in [0, 0.05) is 19.5 Å². The Morgan fingerprint density at radius 1 is 0.700 bits per heavy atom. The maximum absolute atomic E-state index is 13.9. The highest BCUT2D eigenvalue weighted by Crippen LogP contribution is 2.36. The fourth-order valence-electron chi connectivity index (χ4n) is 8.01. The third kappa shape index (κ3) is 8.48. The van der Waals surface area contributed by atoms with Gasteiger partial charge in [-0.05, 0) is 54.0 Å². The standard InChI is InChI=1S/C44H45N9O7/c1-58-43(56)50-36(28-13-5-3-6-14-28)41(54)52-20-10-18-34(52)38-45-25-32(48-38)30-17-9-12-27(22-30)23-31-24-47-40(60-31)33-26-46-39(49-33)35-19-11-21-53(35)42(55)37(51-44(57)59-2)29-15-7-4-8-16-29/h3-9,12-17,22,24-26,34-37H,10-11,18-21,23H2,1-2H3,(H,45,48)(H,46,49)(H,50,56)(H,51,57)/t34-,35+,36+,37-/m0/s1. The first-order valence-corrected chi connectivity index (χ1v) is 19.8. The van der Waals surface area contributed by atoms with Crippen molar-refractivity contribution >= 4 is 24.0 Å². The lowest BCUT2D eigenvalue weighted by Gasteiger charge is -2.28. The van der Waals surface area contributed by atoms with E-state index in [-0.39, 0.29) is 23.9 Å². The van der Waals surface area contributed by atoms with Crippen LogP contribution in [-0.2, 0) is 25.5 Å². The zero-order chi connectivity index (χ0) is 41.6. The average Bonchev–Trinajstić information content (AvgIpc) is 4.14. The average molecular weight is 812 g/mol. The molecular formula is C44H45N9O7. The second-order valence-electron chi connectivity index (χ2n) is 14.7. The summed E-state index contributed by atoms with van der Waals surface area (Å²) in [6.45, 7) is 1.04. The number of nitrogens with one attached hydrogen (secondary N) is 4. The summed E-state index contributed by atoms with van der Waals surface area (Å²) in [5.74, 6) is 1.81. The molecule has 5 heterocycles. The number of amides is 4. The minimum Gasteiger partial charge on any atom is -0.453 e. The molecule has 0 bridgehead atoms. The van der Waals surface area contributed by atoms with E-state index in [0.717, 1.165) is 36.1 Å². The van der Waals surface area contributed by atoms with Gasteiger partial charge in [0.25, 0.3) is 11.8 Å². The van der Waals surface area contributed by atoms with Crippen LogP contribution in [0.1, 0.15) is 84.0 Å². The molecule has 4 atom stereocenters. The largest absolute Gasteiger partial charge is 0.453 e. The summed E-state index contributed by atoms with van der Waals surface area (Å²) in [5, 5.41) is 5.40. The topological polar surface area (TPSA) is 201 Å². The monoisotopic (exact) mass is 811 g/mol. The normalized spacial score (nSPS) is 17.2. The predicted octanol–water partition coefficient (Wildman–Crippen LogP) is 6.57. The quantitative estimate of drug-likeness (QED) is 0.105. The van der Waals surface area contributed by atoms with E-state index in [1.165, 1.54) is 14.2 Å². The molecule has 308 valence electrons. The Morgan fingerprint density at radius 2 is 1.23 bits per heavy atom. The fraction of sp³-hybridized carbons (Fsp3) is 0.295. The molecular weight excluding hydrogens is 767 g/mol. The number of alkyl carbamates (subject to hydrolysis) is 2. The lowest BCUT2D eigenvalue weighted by Crippen LogP contribution is -2.42. The third-order valence-corrected chi connectivity index (χ3v) is 10.9. The van der Waals surface area contributed by atoms with E-state index < -0.39 is 24.3 Å². The number of nitrogens with zero attached hydrogens (tertiary/aromatic N) is 5. The van der Waals surface area contributed by atoms with Crippen LogP contribution < -0.4 is 10.6 Å². The number of imidazole rings is 2. The first-order valence-electron chi connectivity index (χ1n) is 19.8. The van der Waals surface area contributed by atoms with Gasteiger partial charge in [0.2, 0.25) is 5.89 Å². The van der Waals surface area contributed by atoms with Crippen molar-refractivity contribution in [2.24, 2.45) is 0 Å². The summed E-state index contributed by atoms with van der Waals surface area (Å²) in [6, 6.07) is 23.8. The van der Waals surface area contributed by atoms with Crippen molar-refractivity contribution < 1.29 is 33.1 Å². The lowest BCUT2D eigenvalue weighted by molar-refractivity contribution is -0.135. The van der Waals surface area contributed by atoms with E-state index in [9.17, 15) is 19.2 Å². The Labute approximate surface area is 345 Å². The van der Waals surface area contributed by atoms with Gasteiger partial charge in [-0.25, -0.2) is 24.5 Å². The van der Waals surface area contributed by atoms with Crippen molar-refractivity contribution in [2.45, 2.75) is 56.3 Å². The van der Waals surface area contributed by atoms with Crippen LogP contribution in [0, 0.1) is 0 Å². The van der Waals surface area contributed by atoms with Crippen LogP contribution in [0.15, 0.2) is 108 Å². The van der Waals surface area contributed by atoms with Crippen molar-refractivity contribution in [2.75, 3.05) is 27.3 Å². The number of benzene rings is 3. The van der Waals surface area contributed by atoms with Crippen molar-refractivity contribution in [3.05, 3.63) is 138 Å². The molecule has 0 radical (unpaired) electrons. The van der Waals surface area contributed by atoms with E-state index in [4.69, 9.17) is 18.9 Å². The van der Waals surface area contributed by atoms with Gasteiger partial charge in [-0.3, -0.25) is 9.59 Å². The molecule has 0 saturated carbocycles. The number of H-pyrrole nitrogens is 2. The van der Waals surface area contributed by atoms with Gasteiger partial charge >= 0.3 is 12.2 Å². The highest BCUT2D eigenvalue weighted by atomic mass is 16.5. The van der Waals surface area contributed by atoms with Crippen LogP contribution in [0.5, 0.6) is 0 Å². The number of ether oxygens (including phenoxy) is 2. The Bertz CT molecular complexity index is 2450. The Balaban J connectivity index is 0.935. The van der Waals surface area contributed by atoms with Gasteiger partial charge in [0.1, 0.15) is 35.2 Å². The Kier molecular flexibility index (Phi) is 11.7. The second kappa shape index (κ2) is 17.7. The highest BCUT2D eigenvalue weighted by Gasteiger charge is 2.38. The number of carbonyl (C=O) groups excluding carboxylic acids is 4. The molecule has 2 fully saturated rings. The van der Waals surface area contributed by atoms with Crippen LogP contribution in [0.4, 0.5) is 9.59 Å². The number of carbonyl (C=O) groups is 4. The predicted molar refractivity (Wildman–Crippen MR) is 218 cm³/mol. The number of hydrogen-bond acceptors (Lipinski definition) is 10. The molecule has 0 aliphatic carbocycles. The third-order valence-electron chi connectivity index (χ3n) is 10.9. The number of aromatic nitrogens is 5. The number of aromatic amines is 2. The SMILES string of the molecule is COC(=O)N[C@H](C(=O)N1CCC[C@@H]1c1ncc(-c2ncc(Cc3cccc(-c4cnc([C@@H]5CCCN5C(=O)[C@H](NC(=O)OC)c5ccccc5)[nH]4)c3)o2)[nH]1)c1ccccc1. The molecule has 3 aromatic carbocycles. The summed E-state index contributed by atoms with van der Waals surface area (Å²) >= 11 is 0. The molecule has 4 amide bonds. The minimum atomic E-state index is -0.915. The van der Waals surface area contributed by atoms with E-state index in [0.29, 0.717) is 66.1 Å². The first kappa shape index (κ1) is 39.6. The van der Waals surface area contributed by atoms with Crippen molar-refractivity contribution in [1.29, 1.82) is 0 Å². The summed E-state index contributed by atoms with van der Waals surface area (Å²) < 4.78 is 15.8. The van der Waals surface area contributed by atoms with E-state index in [1.807, 2.05) is 54.6 Å². The van der Waals surface area contributed by atoms with Crippen molar-refractivity contribution in [3.8, 4) is 22.8 Å². The molecule has 60 heavy (non-hydrogen) atoms. The van der Waals surface area contributed by atoms with Crippen LogP contribution in [-0.4, -0.2) is 86.0 Å². The van der Waals surface area contributed by atoms with E-state index in [2.05, 4.69) is 36.6 Å². The Morgan fingerprint density at radius 3 is 1.78 bits per heavy atom. The second-order valence-corrected chi connectivity index (χ2v) is 14.7. The highest BCUT2D eigenvalue weighted by molar-refractivity contribution is 5.88. The molecule has 0 spiro atoms. The molecule has 4 N–H and O–H groups in total. The number of oxazole rings is 1. The zero-order valence-corrected chi connectivity index (χ0v) is 33.2. The first-order chi connectivity index (χ1) is 29.3. The molecule has 16 heteroatoms. The van der Waals surface area contributed by atoms with Crippen LogP contribution >= 0.6 is 0 Å². The van der Waals surface area contributed by atoms with Gasteiger partial charge in [-0.2, -0.15) is 0 Å². The number of hydrogen-bond donors (Lipinski definition) is 4. The van der Waals surface area contributed by atoms with E-state index >= 15 is 0 Å². The number of methoxy groups -OCH3 is 2. The molecule has 2 saturated heterocycles. The van der Waals surface area contributed by atoms with Crippen LogP contribution in [0.2, 0.25) is 0 Å². The van der Waals surface area contributed by atoms with Gasteiger partial charge < -0.3 is 44.3 Å². The van der Waals surface area contributed by atoms with E-state index in [1.54, 1.807) is 52.7 Å². The summed E-state index contributed by atoms with van der Waals surface area (Å²) in [6.07, 6.45) is 7.21. The lowest BCUT2D eigenvalue weighted by atomic mass is 10.0.